The number of hydrogen-bond donors (Lipinski definition) is 2. The van der Waals surface area contributed by atoms with Crippen LogP contribution in [-0.2, 0) is 19.7 Å². The lowest BCUT2D eigenvalue weighted by atomic mass is 9.98. The highest BCUT2D eigenvalue weighted by atomic mass is 32.2. The number of esters is 1. The molecule has 0 aliphatic carbocycles. The van der Waals surface area contributed by atoms with Crippen molar-refractivity contribution in [3.05, 3.63) is 0 Å². The van der Waals surface area contributed by atoms with Crippen LogP contribution in [0.1, 0.15) is 19.8 Å². The van der Waals surface area contributed by atoms with Gasteiger partial charge in [-0.25, -0.2) is 0 Å². The Balaban J connectivity index is 1.94. The first-order valence-corrected chi connectivity index (χ1v) is 8.54. The lowest BCUT2D eigenvalue weighted by Crippen LogP contribution is -2.47. The Labute approximate surface area is 124 Å². The maximum Gasteiger partial charge on any atom is 0.309 e. The topological polar surface area (TPSA) is 107 Å². The highest BCUT2D eigenvalue weighted by Gasteiger charge is 2.41. The van der Waals surface area contributed by atoms with Crippen LogP contribution in [0.15, 0.2) is 0 Å². The molecule has 2 rings (SSSR count). The third kappa shape index (κ3) is 3.54. The van der Waals surface area contributed by atoms with E-state index in [9.17, 15) is 23.4 Å². The minimum absolute atomic E-state index is 0.0959. The predicted octanol–water partition coefficient (Wildman–Crippen LogP) is -1.46. The summed E-state index contributed by atoms with van der Waals surface area (Å²) in [7, 11) is -3.69. The number of carbonyl (C=O) groups is 1. The predicted molar refractivity (Wildman–Crippen MR) is 73.4 cm³/mol. The van der Waals surface area contributed by atoms with Crippen LogP contribution in [0.4, 0.5) is 0 Å². The molecule has 0 radical (unpaired) electrons. The quantitative estimate of drug-likeness (QED) is 0.613. The summed E-state index contributed by atoms with van der Waals surface area (Å²) in [5.41, 5.74) is 0. The molecular formula is C12H22N2O6S. The van der Waals surface area contributed by atoms with Gasteiger partial charge in [0.1, 0.15) is 0 Å². The van der Waals surface area contributed by atoms with Gasteiger partial charge in [-0.05, 0) is 19.8 Å². The Bertz CT molecular complexity index is 464. The van der Waals surface area contributed by atoms with E-state index in [-0.39, 0.29) is 38.1 Å². The number of aliphatic hydroxyl groups is 2. The molecule has 9 heteroatoms. The highest BCUT2D eigenvalue weighted by Crippen LogP contribution is 2.24. The Morgan fingerprint density at radius 1 is 1.14 bits per heavy atom. The van der Waals surface area contributed by atoms with Crippen molar-refractivity contribution >= 4 is 16.2 Å². The van der Waals surface area contributed by atoms with Crippen LogP contribution in [0.25, 0.3) is 0 Å². The standard InChI is InChI=1S/C12H22N2O6S/c1-2-20-12(17)9-3-5-13(6-4-9)21(18,19)14-7-10(15)11(16)8-14/h9-11,15-16H,2-8H2,1H3. The fourth-order valence-electron chi connectivity index (χ4n) is 2.67. The van der Waals surface area contributed by atoms with Gasteiger partial charge < -0.3 is 14.9 Å². The van der Waals surface area contributed by atoms with E-state index in [0.717, 1.165) is 4.31 Å². The van der Waals surface area contributed by atoms with Crippen LogP contribution in [0.2, 0.25) is 0 Å². The molecule has 2 atom stereocenters. The normalized spacial score (nSPS) is 29.7. The number of ether oxygens (including phenoxy) is 1. The Morgan fingerprint density at radius 3 is 2.14 bits per heavy atom. The van der Waals surface area contributed by atoms with Gasteiger partial charge in [0.25, 0.3) is 10.2 Å². The molecule has 2 fully saturated rings. The molecule has 0 amide bonds. The first-order valence-electron chi connectivity index (χ1n) is 7.14. The zero-order valence-electron chi connectivity index (χ0n) is 12.0. The molecule has 21 heavy (non-hydrogen) atoms. The molecule has 0 aromatic heterocycles. The van der Waals surface area contributed by atoms with Crippen molar-refractivity contribution in [3.8, 4) is 0 Å². The van der Waals surface area contributed by atoms with Gasteiger partial charge in [-0.1, -0.05) is 0 Å². The Morgan fingerprint density at radius 2 is 1.67 bits per heavy atom. The first-order chi connectivity index (χ1) is 9.86. The third-order valence-corrected chi connectivity index (χ3v) is 5.92. The molecule has 2 aliphatic heterocycles. The fraction of sp³-hybridized carbons (Fsp3) is 0.917. The second-order valence-electron chi connectivity index (χ2n) is 5.38. The van der Waals surface area contributed by atoms with Crippen LogP contribution in [0.3, 0.4) is 0 Å². The largest absolute Gasteiger partial charge is 0.466 e. The average molecular weight is 322 g/mol. The molecular weight excluding hydrogens is 300 g/mol. The van der Waals surface area contributed by atoms with E-state index >= 15 is 0 Å². The van der Waals surface area contributed by atoms with Crippen molar-refractivity contribution in [2.75, 3.05) is 32.8 Å². The summed E-state index contributed by atoms with van der Waals surface area (Å²) >= 11 is 0. The van der Waals surface area contributed by atoms with Gasteiger partial charge in [-0.3, -0.25) is 4.79 Å². The number of nitrogens with zero attached hydrogens (tertiary/aromatic N) is 2. The molecule has 0 bridgehead atoms. The smallest absolute Gasteiger partial charge is 0.309 e. The van der Waals surface area contributed by atoms with Crippen LogP contribution < -0.4 is 0 Å². The summed E-state index contributed by atoms with van der Waals surface area (Å²) in [6.45, 7) is 2.36. The summed E-state index contributed by atoms with van der Waals surface area (Å²) < 4.78 is 32.1. The van der Waals surface area contributed by atoms with E-state index in [2.05, 4.69) is 0 Å². The number of rotatable bonds is 4. The fourth-order valence-corrected chi connectivity index (χ4v) is 4.35. The minimum atomic E-state index is -3.69. The highest BCUT2D eigenvalue weighted by molar-refractivity contribution is 7.86. The van der Waals surface area contributed by atoms with Crippen molar-refractivity contribution in [2.24, 2.45) is 5.92 Å². The summed E-state index contributed by atoms with van der Waals surface area (Å²) in [5, 5.41) is 18.9. The molecule has 2 saturated heterocycles. The molecule has 2 N–H and O–H groups in total. The van der Waals surface area contributed by atoms with Gasteiger partial charge in [0.05, 0.1) is 24.7 Å². The molecule has 0 aromatic rings. The molecule has 122 valence electrons. The van der Waals surface area contributed by atoms with Crippen LogP contribution in [0, 0.1) is 5.92 Å². The lowest BCUT2D eigenvalue weighted by Gasteiger charge is -2.32. The van der Waals surface area contributed by atoms with Crippen LogP contribution >= 0.6 is 0 Å². The second-order valence-corrected chi connectivity index (χ2v) is 7.31. The number of hydrogen-bond acceptors (Lipinski definition) is 6. The summed E-state index contributed by atoms with van der Waals surface area (Å²) in [4.78, 5) is 11.6. The maximum absolute atomic E-state index is 12.4. The van der Waals surface area contributed by atoms with Gasteiger partial charge in [0.2, 0.25) is 0 Å². The number of piperidine rings is 1. The first kappa shape index (κ1) is 16.6. The van der Waals surface area contributed by atoms with E-state index in [0.29, 0.717) is 19.4 Å². The molecule has 0 spiro atoms. The summed E-state index contributed by atoms with van der Waals surface area (Å²) in [6, 6.07) is 0. The van der Waals surface area contributed by atoms with Gasteiger partial charge in [0.15, 0.2) is 0 Å². The van der Waals surface area contributed by atoms with E-state index in [1.54, 1.807) is 6.92 Å². The molecule has 2 unspecified atom stereocenters. The maximum atomic E-state index is 12.4. The Hall–Kier alpha value is -0.740. The minimum Gasteiger partial charge on any atom is -0.466 e. The number of aliphatic hydroxyl groups excluding tert-OH is 2. The van der Waals surface area contributed by atoms with Crippen molar-refractivity contribution in [2.45, 2.75) is 32.0 Å². The molecule has 0 aromatic carbocycles. The molecule has 0 saturated carbocycles. The van der Waals surface area contributed by atoms with Crippen molar-refractivity contribution in [1.29, 1.82) is 0 Å². The van der Waals surface area contributed by atoms with E-state index < -0.39 is 22.4 Å². The molecule has 2 heterocycles. The lowest BCUT2D eigenvalue weighted by molar-refractivity contribution is -0.149. The molecule has 8 nitrogen and oxygen atoms in total. The van der Waals surface area contributed by atoms with Crippen LogP contribution in [0.5, 0.6) is 0 Å². The van der Waals surface area contributed by atoms with Crippen molar-refractivity contribution in [3.63, 3.8) is 0 Å². The van der Waals surface area contributed by atoms with E-state index in [1.165, 1.54) is 4.31 Å². The van der Waals surface area contributed by atoms with Crippen molar-refractivity contribution in [1.82, 2.24) is 8.61 Å². The zero-order valence-corrected chi connectivity index (χ0v) is 12.8. The summed E-state index contributed by atoms with van der Waals surface area (Å²) in [6.07, 6.45) is -1.23. The second kappa shape index (κ2) is 6.57. The van der Waals surface area contributed by atoms with Gasteiger partial charge >= 0.3 is 5.97 Å². The number of carbonyl (C=O) groups excluding carboxylic acids is 1. The number of β-amino-alcohol motifs (C(OH)–C–C–N with tert-alkyl or cyclic N) is 2. The van der Waals surface area contributed by atoms with E-state index in [1.807, 2.05) is 0 Å². The molecule has 2 aliphatic rings. The summed E-state index contributed by atoms with van der Waals surface area (Å²) in [5.74, 6) is -0.535. The van der Waals surface area contributed by atoms with Gasteiger partial charge in [0, 0.05) is 26.2 Å². The van der Waals surface area contributed by atoms with Crippen LogP contribution in [-0.4, -0.2) is 78.2 Å². The third-order valence-electron chi connectivity index (χ3n) is 3.95. The monoisotopic (exact) mass is 322 g/mol. The van der Waals surface area contributed by atoms with Gasteiger partial charge in [-0.15, -0.1) is 0 Å². The SMILES string of the molecule is CCOC(=O)C1CCN(S(=O)(=O)N2CC(O)C(O)C2)CC1. The van der Waals surface area contributed by atoms with Gasteiger partial charge in [-0.2, -0.15) is 17.0 Å². The zero-order chi connectivity index (χ0) is 15.6. The van der Waals surface area contributed by atoms with Crippen molar-refractivity contribution < 1.29 is 28.2 Å². The Kier molecular flexibility index (Phi) is 5.20. The average Bonchev–Trinajstić information content (AvgIpc) is 2.80. The van der Waals surface area contributed by atoms with E-state index in [4.69, 9.17) is 4.74 Å².